The lowest BCUT2D eigenvalue weighted by molar-refractivity contribution is 0.175. The number of hydrogen-bond acceptors (Lipinski definition) is 0. The van der Waals surface area contributed by atoms with Gasteiger partial charge in [-0.05, 0) is 69.1 Å². The average Bonchev–Trinajstić information content (AvgIpc) is 2.49. The van der Waals surface area contributed by atoms with Gasteiger partial charge in [0.25, 0.3) is 0 Å². The Morgan fingerprint density at radius 3 is 2.00 bits per heavy atom. The summed E-state index contributed by atoms with van der Waals surface area (Å²) in [6, 6.07) is 0. The van der Waals surface area contributed by atoms with Crippen LogP contribution in [0.1, 0.15) is 77.0 Å². The van der Waals surface area contributed by atoms with E-state index in [2.05, 4.69) is 6.08 Å². The van der Waals surface area contributed by atoms with Crippen molar-refractivity contribution in [2.24, 2.45) is 17.8 Å². The van der Waals surface area contributed by atoms with E-state index in [0.717, 1.165) is 17.8 Å². The zero-order chi connectivity index (χ0) is 13.1. The van der Waals surface area contributed by atoms with Gasteiger partial charge in [0.1, 0.15) is 0 Å². The van der Waals surface area contributed by atoms with Crippen LogP contribution in [0.5, 0.6) is 0 Å². The van der Waals surface area contributed by atoms with Crippen molar-refractivity contribution in [1.29, 1.82) is 0 Å². The smallest absolute Gasteiger partial charge is 0.0699 e. The predicted octanol–water partition coefficient (Wildman–Crippen LogP) is 5.44. The summed E-state index contributed by atoms with van der Waals surface area (Å²) in [6.07, 6.45) is 19.6. The third-order valence-electron chi connectivity index (χ3n) is 6.11. The van der Waals surface area contributed by atoms with E-state index >= 15 is 0 Å². The van der Waals surface area contributed by atoms with Crippen molar-refractivity contribution in [2.75, 3.05) is 0 Å². The molecule has 0 aromatic rings. The molecule has 3 aliphatic carbocycles. The number of hydrogen-bond donors (Lipinski definition) is 0. The second kappa shape index (κ2) is 6.50. The van der Waals surface area contributed by atoms with Crippen LogP contribution in [0.15, 0.2) is 11.6 Å². The molecule has 2 fully saturated rings. The largest absolute Gasteiger partial charge is 0.0851 e. The molecule has 0 aliphatic heterocycles. The van der Waals surface area contributed by atoms with Crippen molar-refractivity contribution in [3.63, 3.8) is 0 Å². The van der Waals surface area contributed by atoms with Crippen LogP contribution in [0.4, 0.5) is 0 Å². The minimum absolute atomic E-state index is 0.514. The Morgan fingerprint density at radius 1 is 0.789 bits per heavy atom. The van der Waals surface area contributed by atoms with Gasteiger partial charge < -0.3 is 0 Å². The molecule has 104 valence electrons. The fourth-order valence-corrected chi connectivity index (χ4v) is 4.81. The first kappa shape index (κ1) is 13.8. The van der Waals surface area contributed by atoms with E-state index in [1.54, 1.807) is 0 Å². The lowest BCUT2D eigenvalue weighted by atomic mass is 9.65. The molecule has 0 nitrogen and oxygen atoms in total. The summed E-state index contributed by atoms with van der Waals surface area (Å²) in [5.41, 5.74) is 1.83. The van der Waals surface area contributed by atoms with Crippen molar-refractivity contribution in [2.45, 2.75) is 82.9 Å². The van der Waals surface area contributed by atoms with Gasteiger partial charge in [0.2, 0.25) is 0 Å². The van der Waals surface area contributed by atoms with Gasteiger partial charge in [-0.25, -0.2) is 0 Å². The highest BCUT2D eigenvalue weighted by Gasteiger charge is 2.30. The lowest BCUT2D eigenvalue weighted by Gasteiger charge is -2.38. The molecule has 0 bridgehead atoms. The molecular formula is C18H29B. The molecule has 0 heterocycles. The van der Waals surface area contributed by atoms with Crippen molar-refractivity contribution in [1.82, 2.24) is 0 Å². The van der Waals surface area contributed by atoms with E-state index in [1.807, 2.05) is 5.57 Å². The summed E-state index contributed by atoms with van der Waals surface area (Å²) in [7, 11) is 6.04. The topological polar surface area (TPSA) is 0 Å². The minimum Gasteiger partial charge on any atom is -0.0851 e. The highest BCUT2D eigenvalue weighted by Crippen LogP contribution is 2.44. The van der Waals surface area contributed by atoms with Gasteiger partial charge in [-0.3, -0.25) is 0 Å². The molecule has 0 unspecified atom stereocenters. The minimum atomic E-state index is 0.514. The van der Waals surface area contributed by atoms with Crippen LogP contribution in [0.25, 0.3) is 0 Å². The van der Waals surface area contributed by atoms with Gasteiger partial charge in [0.15, 0.2) is 0 Å². The van der Waals surface area contributed by atoms with Gasteiger partial charge in [-0.2, -0.15) is 0 Å². The number of rotatable bonds is 2. The molecule has 0 aromatic heterocycles. The Morgan fingerprint density at radius 2 is 1.42 bits per heavy atom. The van der Waals surface area contributed by atoms with Crippen molar-refractivity contribution in [3.05, 3.63) is 11.6 Å². The molecule has 19 heavy (non-hydrogen) atoms. The summed E-state index contributed by atoms with van der Waals surface area (Å²) in [5.74, 6) is 3.52. The molecule has 0 N–H and O–H groups in total. The number of allylic oxidation sites excluding steroid dienone is 2. The molecular weight excluding hydrogens is 227 g/mol. The standard InChI is InChI=1S/C18H29B/c19-18-12-10-17(11-13-18)16-8-6-15(7-9-16)14-4-2-1-3-5-14/h4,15-18H,1-3,5-13H2. The molecule has 0 saturated heterocycles. The highest BCUT2D eigenvalue weighted by atomic mass is 14.4. The van der Waals surface area contributed by atoms with Crippen molar-refractivity contribution < 1.29 is 0 Å². The second-order valence-corrected chi connectivity index (χ2v) is 7.31. The first-order valence-electron chi connectivity index (χ1n) is 8.77. The normalized spacial score (nSPS) is 40.7. The average molecular weight is 256 g/mol. The van der Waals surface area contributed by atoms with Crippen molar-refractivity contribution in [3.8, 4) is 0 Å². The van der Waals surface area contributed by atoms with Crippen molar-refractivity contribution >= 4 is 7.85 Å². The Balaban J connectivity index is 1.48. The molecule has 0 spiro atoms. The fourth-order valence-electron chi connectivity index (χ4n) is 4.81. The van der Waals surface area contributed by atoms with E-state index in [9.17, 15) is 0 Å². The molecule has 0 atom stereocenters. The Labute approximate surface area is 120 Å². The third kappa shape index (κ3) is 3.47. The van der Waals surface area contributed by atoms with E-state index < -0.39 is 0 Å². The van der Waals surface area contributed by atoms with E-state index in [-0.39, 0.29) is 0 Å². The summed E-state index contributed by atoms with van der Waals surface area (Å²) in [6.45, 7) is 0. The van der Waals surface area contributed by atoms with Gasteiger partial charge in [-0.1, -0.05) is 43.1 Å². The molecule has 2 saturated carbocycles. The quantitative estimate of drug-likeness (QED) is 0.456. The first-order chi connectivity index (χ1) is 9.33. The predicted molar refractivity (Wildman–Crippen MR) is 83.5 cm³/mol. The summed E-state index contributed by atoms with van der Waals surface area (Å²) in [4.78, 5) is 0. The zero-order valence-electron chi connectivity index (χ0n) is 12.4. The second-order valence-electron chi connectivity index (χ2n) is 7.31. The maximum Gasteiger partial charge on any atom is 0.0699 e. The SMILES string of the molecule is [B]C1CCC(C2CCC(C3=CCCCC3)CC2)CC1. The fraction of sp³-hybridized carbons (Fsp3) is 0.889. The molecule has 2 radical (unpaired) electrons. The van der Waals surface area contributed by atoms with Crippen LogP contribution in [-0.2, 0) is 0 Å². The van der Waals surface area contributed by atoms with Crippen LogP contribution in [0, 0.1) is 17.8 Å². The van der Waals surface area contributed by atoms with E-state index in [1.165, 1.54) is 77.0 Å². The summed E-state index contributed by atoms with van der Waals surface area (Å²) < 4.78 is 0. The van der Waals surface area contributed by atoms with Crippen LogP contribution in [0.3, 0.4) is 0 Å². The van der Waals surface area contributed by atoms with Crippen LogP contribution in [-0.4, -0.2) is 7.85 Å². The highest BCUT2D eigenvalue weighted by molar-refractivity contribution is 6.11. The van der Waals surface area contributed by atoms with Gasteiger partial charge in [0.05, 0.1) is 7.85 Å². The molecule has 0 amide bonds. The van der Waals surface area contributed by atoms with Crippen LogP contribution in [0.2, 0.25) is 5.82 Å². The maximum atomic E-state index is 6.04. The monoisotopic (exact) mass is 256 g/mol. The maximum absolute atomic E-state index is 6.04. The summed E-state index contributed by atoms with van der Waals surface area (Å²) >= 11 is 0. The Kier molecular flexibility index (Phi) is 4.71. The third-order valence-corrected chi connectivity index (χ3v) is 6.11. The van der Waals surface area contributed by atoms with E-state index in [4.69, 9.17) is 7.85 Å². The lowest BCUT2D eigenvalue weighted by Crippen LogP contribution is -2.25. The van der Waals surface area contributed by atoms with Crippen LogP contribution < -0.4 is 0 Å². The Hall–Kier alpha value is -0.195. The molecule has 3 rings (SSSR count). The molecule has 3 aliphatic rings. The Bertz CT molecular complexity index is 304. The van der Waals surface area contributed by atoms with E-state index in [0.29, 0.717) is 5.82 Å². The van der Waals surface area contributed by atoms with Gasteiger partial charge >= 0.3 is 0 Å². The van der Waals surface area contributed by atoms with Crippen LogP contribution >= 0.6 is 0 Å². The van der Waals surface area contributed by atoms with Gasteiger partial charge in [-0.15, -0.1) is 0 Å². The van der Waals surface area contributed by atoms with Gasteiger partial charge in [0, 0.05) is 0 Å². The zero-order valence-corrected chi connectivity index (χ0v) is 12.4. The summed E-state index contributed by atoms with van der Waals surface area (Å²) in [5, 5.41) is 0. The molecule has 1 heteroatoms. The first-order valence-corrected chi connectivity index (χ1v) is 8.77. The molecule has 0 aromatic carbocycles.